The zero-order chi connectivity index (χ0) is 25.9. The molecule has 2 aromatic carbocycles. The van der Waals surface area contributed by atoms with Gasteiger partial charge in [0, 0.05) is 18.6 Å². The Bertz CT molecular complexity index is 1310. The molecule has 0 radical (unpaired) electrons. The van der Waals surface area contributed by atoms with E-state index in [0.717, 1.165) is 42.6 Å². The lowest BCUT2D eigenvalue weighted by Crippen LogP contribution is -2.21. The van der Waals surface area contributed by atoms with Gasteiger partial charge in [-0.3, -0.25) is 0 Å². The van der Waals surface area contributed by atoms with E-state index < -0.39 is 10.1 Å². The number of aromatic nitrogens is 2. The van der Waals surface area contributed by atoms with Crippen molar-refractivity contribution in [2.75, 3.05) is 12.3 Å². The summed E-state index contributed by atoms with van der Waals surface area (Å²) in [5, 5.41) is 0. The number of hydrogen-bond donors (Lipinski definition) is 1. The summed E-state index contributed by atoms with van der Waals surface area (Å²) in [6.07, 6.45) is 3.36. The van der Waals surface area contributed by atoms with Crippen LogP contribution in [0, 0.1) is 27.7 Å². The molecule has 4 rings (SSSR count). The summed E-state index contributed by atoms with van der Waals surface area (Å²) in [5.74, 6) is -0.0996. The van der Waals surface area contributed by atoms with E-state index in [-0.39, 0.29) is 23.0 Å². The minimum atomic E-state index is -4.14. The van der Waals surface area contributed by atoms with Crippen molar-refractivity contribution in [3.8, 4) is 5.88 Å². The second-order valence-corrected chi connectivity index (χ2v) is 10.8. The quantitative estimate of drug-likeness (QED) is 0.433. The molecule has 3 aromatic rings. The number of anilines is 1. The van der Waals surface area contributed by atoms with Gasteiger partial charge >= 0.3 is 10.1 Å². The molecule has 8 nitrogen and oxygen atoms in total. The Labute approximate surface area is 213 Å². The van der Waals surface area contributed by atoms with Gasteiger partial charge in [-0.05, 0) is 69.2 Å². The van der Waals surface area contributed by atoms with E-state index in [9.17, 15) is 8.42 Å². The Kier molecular flexibility index (Phi) is 7.92. The first kappa shape index (κ1) is 26.1. The molecular weight excluding hydrogens is 478 g/mol. The van der Waals surface area contributed by atoms with Gasteiger partial charge in [0.2, 0.25) is 11.8 Å². The molecule has 2 heterocycles. The normalized spacial score (nSPS) is 16.2. The van der Waals surface area contributed by atoms with Gasteiger partial charge in [0.05, 0.1) is 12.3 Å². The summed E-state index contributed by atoms with van der Waals surface area (Å²) in [7, 11) is -4.14. The molecule has 1 fully saturated rings. The van der Waals surface area contributed by atoms with Crippen LogP contribution in [-0.2, 0) is 32.6 Å². The summed E-state index contributed by atoms with van der Waals surface area (Å²) < 4.78 is 43.6. The summed E-state index contributed by atoms with van der Waals surface area (Å²) in [4.78, 5) is 8.52. The van der Waals surface area contributed by atoms with E-state index in [1.807, 2.05) is 43.3 Å². The molecule has 0 aliphatic carbocycles. The van der Waals surface area contributed by atoms with Crippen molar-refractivity contribution in [3.63, 3.8) is 0 Å². The van der Waals surface area contributed by atoms with Gasteiger partial charge in [-0.1, -0.05) is 42.0 Å². The highest BCUT2D eigenvalue weighted by atomic mass is 32.2. The van der Waals surface area contributed by atoms with Crippen LogP contribution < -0.4 is 9.92 Å². The molecule has 0 amide bonds. The Hall–Kier alpha value is -3.01. The van der Waals surface area contributed by atoms with Crippen molar-refractivity contribution in [3.05, 3.63) is 75.5 Å². The average Bonchev–Trinajstić information content (AvgIpc) is 2.80. The fourth-order valence-electron chi connectivity index (χ4n) is 4.56. The van der Waals surface area contributed by atoms with E-state index in [1.165, 1.54) is 0 Å². The molecule has 2 N–H and O–H groups in total. The number of nitrogen functional groups attached to an aromatic ring is 1. The molecular formula is C27H33N3O5S. The number of benzene rings is 2. The number of aryl methyl sites for hydroxylation is 4. The maximum absolute atomic E-state index is 13.3. The molecule has 0 saturated carbocycles. The van der Waals surface area contributed by atoms with Crippen LogP contribution in [0.1, 0.15) is 58.3 Å². The highest BCUT2D eigenvalue weighted by molar-refractivity contribution is 7.87. The molecule has 0 unspecified atom stereocenters. The average molecular weight is 512 g/mol. The van der Waals surface area contributed by atoms with Crippen LogP contribution in [0.5, 0.6) is 5.88 Å². The Balaban J connectivity index is 1.54. The standard InChI is InChI=1S/C27H33N3O5S/c1-17-13-18(2)25(19(3)14-17)36(31,32)35-26-23(20(4)29-27(28)30-26)15-21-8-10-22(11-9-21)16-34-24-7-5-6-12-33-24/h8-11,13-14,24H,5-7,12,15-16H2,1-4H3,(H2,28,29,30)/t24-/m0/s1. The monoisotopic (exact) mass is 511 g/mol. The number of ether oxygens (including phenoxy) is 2. The van der Waals surface area contributed by atoms with Crippen molar-refractivity contribution in [1.29, 1.82) is 0 Å². The van der Waals surface area contributed by atoms with E-state index >= 15 is 0 Å². The number of nitrogens with zero attached hydrogens (tertiary/aromatic N) is 2. The van der Waals surface area contributed by atoms with E-state index in [2.05, 4.69) is 9.97 Å². The van der Waals surface area contributed by atoms with Crippen molar-refractivity contribution >= 4 is 16.1 Å². The molecule has 1 aromatic heterocycles. The third kappa shape index (κ3) is 6.21. The van der Waals surface area contributed by atoms with Crippen LogP contribution in [0.3, 0.4) is 0 Å². The van der Waals surface area contributed by atoms with Gasteiger partial charge in [-0.25, -0.2) is 4.98 Å². The fraction of sp³-hybridized carbons (Fsp3) is 0.407. The highest BCUT2D eigenvalue weighted by Crippen LogP contribution is 2.29. The van der Waals surface area contributed by atoms with E-state index in [4.69, 9.17) is 19.4 Å². The van der Waals surface area contributed by atoms with E-state index in [0.29, 0.717) is 35.4 Å². The lowest BCUT2D eigenvalue weighted by molar-refractivity contribution is -0.168. The van der Waals surface area contributed by atoms with Crippen LogP contribution in [0.4, 0.5) is 5.95 Å². The molecule has 1 aliphatic heterocycles. The maximum Gasteiger partial charge on any atom is 0.341 e. The minimum Gasteiger partial charge on any atom is -0.368 e. The highest BCUT2D eigenvalue weighted by Gasteiger charge is 2.26. The van der Waals surface area contributed by atoms with Crippen molar-refractivity contribution in [2.45, 2.75) is 71.2 Å². The third-order valence-corrected chi connectivity index (χ3v) is 7.74. The zero-order valence-electron chi connectivity index (χ0n) is 21.2. The molecule has 1 aliphatic rings. The first-order valence-corrected chi connectivity index (χ1v) is 13.5. The van der Waals surface area contributed by atoms with Crippen LogP contribution in [-0.4, -0.2) is 31.3 Å². The maximum atomic E-state index is 13.3. The molecule has 0 spiro atoms. The van der Waals surface area contributed by atoms with Crippen molar-refractivity contribution < 1.29 is 22.1 Å². The van der Waals surface area contributed by atoms with Crippen molar-refractivity contribution in [1.82, 2.24) is 9.97 Å². The van der Waals surface area contributed by atoms with Gasteiger partial charge in [0.1, 0.15) is 4.90 Å². The Morgan fingerprint density at radius 3 is 2.31 bits per heavy atom. The number of rotatable bonds is 8. The van der Waals surface area contributed by atoms with Crippen molar-refractivity contribution in [2.24, 2.45) is 0 Å². The number of hydrogen-bond acceptors (Lipinski definition) is 8. The predicted octanol–water partition coefficient (Wildman–Crippen LogP) is 4.69. The number of nitrogens with two attached hydrogens (primary N) is 1. The summed E-state index contributed by atoms with van der Waals surface area (Å²) in [5.41, 5.74) is 11.2. The van der Waals surface area contributed by atoms with Crippen LogP contribution >= 0.6 is 0 Å². The molecule has 1 atom stereocenters. The van der Waals surface area contributed by atoms with Crippen LogP contribution in [0.2, 0.25) is 0 Å². The SMILES string of the molecule is Cc1cc(C)c(S(=O)(=O)Oc2nc(N)nc(C)c2Cc2ccc(CO[C@H]3CCCCO3)cc2)c(C)c1. The second kappa shape index (κ2) is 10.9. The summed E-state index contributed by atoms with van der Waals surface area (Å²) in [6.45, 7) is 8.41. The van der Waals surface area contributed by atoms with Gasteiger partial charge < -0.3 is 19.4 Å². The Morgan fingerprint density at radius 1 is 1.00 bits per heavy atom. The molecule has 9 heteroatoms. The van der Waals surface area contributed by atoms with Gasteiger partial charge in [-0.15, -0.1) is 0 Å². The molecule has 1 saturated heterocycles. The molecule has 36 heavy (non-hydrogen) atoms. The lowest BCUT2D eigenvalue weighted by atomic mass is 10.0. The van der Waals surface area contributed by atoms with Crippen LogP contribution in [0.25, 0.3) is 0 Å². The first-order chi connectivity index (χ1) is 17.1. The minimum absolute atomic E-state index is 0.0452. The van der Waals surface area contributed by atoms with Gasteiger partial charge in [0.15, 0.2) is 6.29 Å². The molecule has 192 valence electrons. The summed E-state index contributed by atoms with van der Waals surface area (Å²) in [6, 6.07) is 11.6. The lowest BCUT2D eigenvalue weighted by Gasteiger charge is -2.22. The third-order valence-electron chi connectivity index (χ3n) is 6.21. The fourth-order valence-corrected chi connectivity index (χ4v) is 5.89. The van der Waals surface area contributed by atoms with E-state index in [1.54, 1.807) is 20.8 Å². The second-order valence-electron chi connectivity index (χ2n) is 9.32. The predicted molar refractivity (Wildman–Crippen MR) is 137 cm³/mol. The van der Waals surface area contributed by atoms with Gasteiger partial charge in [0.25, 0.3) is 0 Å². The Morgan fingerprint density at radius 2 is 1.67 bits per heavy atom. The largest absolute Gasteiger partial charge is 0.368 e. The zero-order valence-corrected chi connectivity index (χ0v) is 22.0. The van der Waals surface area contributed by atoms with Crippen LogP contribution in [0.15, 0.2) is 41.3 Å². The topological polar surface area (TPSA) is 114 Å². The van der Waals surface area contributed by atoms with Gasteiger partial charge in [-0.2, -0.15) is 13.4 Å². The molecule has 0 bridgehead atoms. The summed E-state index contributed by atoms with van der Waals surface area (Å²) >= 11 is 0. The smallest absolute Gasteiger partial charge is 0.341 e. The first-order valence-electron chi connectivity index (χ1n) is 12.1.